The maximum atomic E-state index is 6.15. The molecule has 0 radical (unpaired) electrons. The van der Waals surface area contributed by atoms with E-state index in [1.165, 1.54) is 0 Å². The van der Waals surface area contributed by atoms with Crippen LogP contribution < -0.4 is 10.6 Å². The molecular weight excluding hydrogens is 330 g/mol. The molecule has 112 valence electrons. The van der Waals surface area contributed by atoms with Gasteiger partial charge in [0.05, 0.1) is 0 Å². The molecule has 6 heteroatoms. The Morgan fingerprint density at radius 1 is 1.43 bits per heavy atom. The van der Waals surface area contributed by atoms with Gasteiger partial charge in [-0.1, -0.05) is 28.1 Å². The Morgan fingerprint density at radius 2 is 2.24 bits per heavy atom. The van der Waals surface area contributed by atoms with Crippen LogP contribution in [-0.2, 0) is 0 Å². The van der Waals surface area contributed by atoms with E-state index >= 15 is 0 Å². The molecule has 0 bridgehead atoms. The van der Waals surface area contributed by atoms with E-state index in [4.69, 9.17) is 5.73 Å². The Bertz CT molecular complexity index is 639. The number of nitrogens with one attached hydrogen (secondary N) is 1. The highest BCUT2D eigenvalue weighted by Crippen LogP contribution is 2.28. The number of halogens is 1. The largest absolute Gasteiger partial charge is 0.335 e. The average molecular weight is 350 g/mol. The van der Waals surface area contributed by atoms with E-state index in [0.717, 1.165) is 46.8 Å². The molecule has 1 aromatic carbocycles. The molecule has 1 aliphatic rings. The van der Waals surface area contributed by atoms with E-state index in [1.807, 2.05) is 12.1 Å². The van der Waals surface area contributed by atoms with Crippen LogP contribution in [-0.4, -0.2) is 33.8 Å². The van der Waals surface area contributed by atoms with Gasteiger partial charge in [0.1, 0.15) is 0 Å². The second-order valence-electron chi connectivity index (χ2n) is 5.64. The first-order valence-electron chi connectivity index (χ1n) is 7.28. The summed E-state index contributed by atoms with van der Waals surface area (Å²) in [4.78, 5) is 6.87. The van der Waals surface area contributed by atoms with Gasteiger partial charge in [0.15, 0.2) is 5.82 Å². The highest BCUT2D eigenvalue weighted by Gasteiger charge is 2.27. The third-order valence-electron chi connectivity index (χ3n) is 4.30. The molecule has 2 unspecified atom stereocenters. The fourth-order valence-corrected chi connectivity index (χ4v) is 3.19. The smallest absolute Gasteiger partial charge is 0.245 e. The quantitative estimate of drug-likeness (QED) is 0.874. The molecule has 0 saturated carbocycles. The van der Waals surface area contributed by atoms with E-state index in [9.17, 15) is 0 Å². The molecule has 3 rings (SSSR count). The summed E-state index contributed by atoms with van der Waals surface area (Å²) >= 11 is 3.56. The van der Waals surface area contributed by atoms with Crippen LogP contribution in [0.5, 0.6) is 0 Å². The van der Waals surface area contributed by atoms with Crippen LogP contribution in [0.25, 0.3) is 11.4 Å². The molecule has 1 fully saturated rings. The maximum absolute atomic E-state index is 6.15. The number of benzene rings is 1. The number of hydrogen-bond acceptors (Lipinski definition) is 4. The Kier molecular flexibility index (Phi) is 3.99. The lowest BCUT2D eigenvalue weighted by Gasteiger charge is -2.36. The van der Waals surface area contributed by atoms with Crippen LogP contribution in [0.4, 0.5) is 5.95 Å². The van der Waals surface area contributed by atoms with Crippen molar-refractivity contribution in [3.05, 3.63) is 28.2 Å². The maximum Gasteiger partial charge on any atom is 0.245 e. The first kappa shape index (κ1) is 14.5. The number of anilines is 1. The van der Waals surface area contributed by atoms with Crippen molar-refractivity contribution in [1.29, 1.82) is 0 Å². The average Bonchev–Trinajstić information content (AvgIpc) is 2.94. The van der Waals surface area contributed by atoms with Crippen molar-refractivity contribution in [3.63, 3.8) is 0 Å². The van der Waals surface area contributed by atoms with E-state index < -0.39 is 0 Å². The summed E-state index contributed by atoms with van der Waals surface area (Å²) in [6.07, 6.45) is 2.16. The summed E-state index contributed by atoms with van der Waals surface area (Å²) in [6.45, 7) is 5.18. The van der Waals surface area contributed by atoms with Gasteiger partial charge >= 0.3 is 0 Å². The zero-order valence-corrected chi connectivity index (χ0v) is 13.9. The van der Waals surface area contributed by atoms with Crippen LogP contribution in [0.1, 0.15) is 25.3 Å². The number of aromatic amines is 1. The predicted octanol–water partition coefficient (Wildman–Crippen LogP) is 2.86. The van der Waals surface area contributed by atoms with Gasteiger partial charge < -0.3 is 10.6 Å². The third kappa shape index (κ3) is 2.70. The van der Waals surface area contributed by atoms with E-state index in [-0.39, 0.29) is 12.1 Å². The molecule has 2 heterocycles. The second-order valence-corrected chi connectivity index (χ2v) is 6.49. The minimum Gasteiger partial charge on any atom is -0.335 e. The molecule has 1 aromatic heterocycles. The predicted molar refractivity (Wildman–Crippen MR) is 88.3 cm³/mol. The fraction of sp³-hybridized carbons (Fsp3) is 0.467. The molecule has 2 atom stereocenters. The van der Waals surface area contributed by atoms with Crippen molar-refractivity contribution in [3.8, 4) is 11.4 Å². The van der Waals surface area contributed by atoms with Gasteiger partial charge in [-0.3, -0.25) is 5.10 Å². The summed E-state index contributed by atoms with van der Waals surface area (Å²) in [5, 5.41) is 7.45. The Labute approximate surface area is 133 Å². The molecule has 0 amide bonds. The van der Waals surface area contributed by atoms with Gasteiger partial charge in [0.2, 0.25) is 5.95 Å². The summed E-state index contributed by atoms with van der Waals surface area (Å²) in [5.41, 5.74) is 8.38. The van der Waals surface area contributed by atoms with Crippen LogP contribution >= 0.6 is 15.9 Å². The summed E-state index contributed by atoms with van der Waals surface area (Å²) < 4.78 is 1.08. The third-order valence-corrected chi connectivity index (χ3v) is 5.16. The lowest BCUT2D eigenvalue weighted by molar-refractivity contribution is 0.416. The molecule has 0 spiro atoms. The van der Waals surface area contributed by atoms with Crippen molar-refractivity contribution in [2.75, 3.05) is 11.4 Å². The molecule has 3 N–H and O–H groups in total. The van der Waals surface area contributed by atoms with E-state index in [2.05, 4.69) is 55.9 Å². The van der Waals surface area contributed by atoms with Crippen LogP contribution in [0.15, 0.2) is 22.7 Å². The second kappa shape index (κ2) is 5.77. The van der Waals surface area contributed by atoms with Crippen LogP contribution in [0.3, 0.4) is 0 Å². The molecule has 0 aliphatic carbocycles. The standard InChI is InChI=1S/C15H20BrN5/c1-9-11(5-3-6-12(9)16)14-18-15(20-19-14)21-8-4-7-13(17)10(21)2/h3,5-6,10,13H,4,7-8,17H2,1-2H3,(H,18,19,20). The van der Waals surface area contributed by atoms with Crippen LogP contribution in [0.2, 0.25) is 0 Å². The monoisotopic (exact) mass is 349 g/mol. The number of H-pyrrole nitrogens is 1. The van der Waals surface area contributed by atoms with Gasteiger partial charge in [-0.25, -0.2) is 0 Å². The number of hydrogen-bond donors (Lipinski definition) is 2. The fourth-order valence-electron chi connectivity index (χ4n) is 2.82. The summed E-state index contributed by atoms with van der Waals surface area (Å²) in [5.74, 6) is 1.54. The minimum atomic E-state index is 0.188. The van der Waals surface area contributed by atoms with Crippen molar-refractivity contribution >= 4 is 21.9 Å². The summed E-state index contributed by atoms with van der Waals surface area (Å²) in [7, 11) is 0. The Hall–Kier alpha value is -1.40. The van der Waals surface area contributed by atoms with Crippen molar-refractivity contribution in [2.45, 2.75) is 38.8 Å². The van der Waals surface area contributed by atoms with Gasteiger partial charge in [-0.05, 0) is 38.3 Å². The molecule has 1 saturated heterocycles. The summed E-state index contributed by atoms with van der Waals surface area (Å²) in [6, 6.07) is 6.55. The Morgan fingerprint density at radius 3 is 3.05 bits per heavy atom. The van der Waals surface area contributed by atoms with E-state index in [1.54, 1.807) is 0 Å². The number of rotatable bonds is 2. The lowest BCUT2D eigenvalue weighted by Crippen LogP contribution is -2.50. The Balaban J connectivity index is 1.91. The van der Waals surface area contributed by atoms with Gasteiger partial charge in [-0.2, -0.15) is 4.98 Å². The zero-order valence-electron chi connectivity index (χ0n) is 12.3. The number of aromatic nitrogens is 3. The zero-order chi connectivity index (χ0) is 15.0. The molecular formula is C15H20BrN5. The minimum absolute atomic E-state index is 0.188. The first-order chi connectivity index (χ1) is 10.1. The molecule has 2 aromatic rings. The normalized spacial score (nSPS) is 22.6. The molecule has 21 heavy (non-hydrogen) atoms. The topological polar surface area (TPSA) is 70.8 Å². The highest BCUT2D eigenvalue weighted by molar-refractivity contribution is 9.10. The highest BCUT2D eigenvalue weighted by atomic mass is 79.9. The van der Waals surface area contributed by atoms with E-state index in [0.29, 0.717) is 0 Å². The molecule has 5 nitrogen and oxygen atoms in total. The van der Waals surface area contributed by atoms with Crippen LogP contribution in [0, 0.1) is 6.92 Å². The van der Waals surface area contributed by atoms with Crippen molar-refractivity contribution in [2.24, 2.45) is 5.73 Å². The number of piperidine rings is 1. The van der Waals surface area contributed by atoms with Gasteiger partial charge in [0, 0.05) is 28.7 Å². The van der Waals surface area contributed by atoms with Crippen molar-refractivity contribution in [1.82, 2.24) is 15.2 Å². The van der Waals surface area contributed by atoms with Gasteiger partial charge in [0.25, 0.3) is 0 Å². The lowest BCUT2D eigenvalue weighted by atomic mass is 9.99. The van der Waals surface area contributed by atoms with Gasteiger partial charge in [-0.15, -0.1) is 5.10 Å². The first-order valence-corrected chi connectivity index (χ1v) is 8.07. The van der Waals surface area contributed by atoms with Crippen molar-refractivity contribution < 1.29 is 0 Å². The number of nitrogens with two attached hydrogens (primary N) is 1. The SMILES string of the molecule is Cc1c(Br)cccc1-c1nc(N2CCCC(N)C2C)n[nH]1. The molecule has 1 aliphatic heterocycles. The number of nitrogens with zero attached hydrogens (tertiary/aromatic N) is 3.